The van der Waals surface area contributed by atoms with Crippen molar-refractivity contribution in [3.05, 3.63) is 29.8 Å². The van der Waals surface area contributed by atoms with E-state index in [2.05, 4.69) is 5.32 Å². The first-order valence-electron chi connectivity index (χ1n) is 8.74. The molecule has 3 rings (SSSR count). The van der Waals surface area contributed by atoms with Crippen LogP contribution in [-0.4, -0.2) is 29.3 Å². The van der Waals surface area contributed by atoms with E-state index in [0.29, 0.717) is 6.54 Å². The molecular formula is C18H23F3N2O2. The topological polar surface area (TPSA) is 41.6 Å². The Morgan fingerprint density at radius 2 is 1.92 bits per heavy atom. The van der Waals surface area contributed by atoms with E-state index in [4.69, 9.17) is 4.74 Å². The lowest BCUT2D eigenvalue weighted by atomic mass is 10.0. The quantitative estimate of drug-likeness (QED) is 0.769. The van der Waals surface area contributed by atoms with Gasteiger partial charge in [0.1, 0.15) is 5.72 Å². The number of ether oxygens (including phenoxy) is 1. The van der Waals surface area contributed by atoms with Crippen molar-refractivity contribution in [1.82, 2.24) is 4.90 Å². The van der Waals surface area contributed by atoms with Gasteiger partial charge in [0.25, 0.3) is 0 Å². The second-order valence-corrected chi connectivity index (χ2v) is 6.91. The zero-order valence-electron chi connectivity index (χ0n) is 14.2. The first kappa shape index (κ1) is 18.0. The van der Waals surface area contributed by atoms with E-state index in [-0.39, 0.29) is 11.8 Å². The number of urea groups is 1. The van der Waals surface area contributed by atoms with E-state index >= 15 is 0 Å². The van der Waals surface area contributed by atoms with E-state index in [1.54, 1.807) is 4.90 Å². The molecular weight excluding hydrogens is 333 g/mol. The van der Waals surface area contributed by atoms with Crippen molar-refractivity contribution < 1.29 is 22.7 Å². The van der Waals surface area contributed by atoms with E-state index in [9.17, 15) is 18.0 Å². The zero-order valence-corrected chi connectivity index (χ0v) is 14.2. The van der Waals surface area contributed by atoms with Gasteiger partial charge in [0.05, 0.1) is 18.2 Å². The molecule has 1 aromatic rings. The van der Waals surface area contributed by atoms with Crippen LogP contribution in [0, 0.1) is 0 Å². The molecule has 1 saturated heterocycles. The van der Waals surface area contributed by atoms with Gasteiger partial charge in [-0.3, -0.25) is 4.90 Å². The number of halogens is 3. The minimum absolute atomic E-state index is 0.0784. The Labute approximate surface area is 145 Å². The van der Waals surface area contributed by atoms with E-state index in [1.165, 1.54) is 12.1 Å². The fourth-order valence-electron chi connectivity index (χ4n) is 3.80. The number of carbonyl (C=O) groups is 1. The molecule has 2 aliphatic rings. The predicted octanol–water partition coefficient (Wildman–Crippen LogP) is 5.01. The first-order valence-corrected chi connectivity index (χ1v) is 8.74. The summed E-state index contributed by atoms with van der Waals surface area (Å²) in [5.74, 6) is 0. The molecule has 1 saturated carbocycles. The van der Waals surface area contributed by atoms with Crippen molar-refractivity contribution in [2.75, 3.05) is 11.9 Å². The molecule has 1 aliphatic carbocycles. The highest BCUT2D eigenvalue weighted by atomic mass is 19.4. The average molecular weight is 356 g/mol. The fraction of sp³-hybridized carbons (Fsp3) is 0.611. The molecule has 138 valence electrons. The summed E-state index contributed by atoms with van der Waals surface area (Å²) in [4.78, 5) is 14.4. The van der Waals surface area contributed by atoms with Crippen LogP contribution in [0.4, 0.5) is 23.7 Å². The minimum atomic E-state index is -4.44. The van der Waals surface area contributed by atoms with Gasteiger partial charge in [-0.05, 0) is 50.8 Å². The van der Waals surface area contributed by atoms with Gasteiger partial charge in [-0.25, -0.2) is 4.79 Å². The van der Waals surface area contributed by atoms with Crippen LogP contribution >= 0.6 is 0 Å². The second-order valence-electron chi connectivity index (χ2n) is 6.91. The van der Waals surface area contributed by atoms with Gasteiger partial charge in [0.2, 0.25) is 0 Å². The number of nitrogens with one attached hydrogen (secondary N) is 1. The third kappa shape index (κ3) is 3.92. The van der Waals surface area contributed by atoms with Gasteiger partial charge < -0.3 is 10.1 Å². The Hall–Kier alpha value is -1.76. The number of amides is 2. The Morgan fingerprint density at radius 3 is 2.56 bits per heavy atom. The molecule has 0 bridgehead atoms. The highest BCUT2D eigenvalue weighted by Gasteiger charge is 2.47. The second kappa shape index (κ2) is 6.86. The lowest BCUT2D eigenvalue weighted by Gasteiger charge is -2.36. The molecule has 1 spiro atoms. The maximum atomic E-state index is 12.8. The maximum Gasteiger partial charge on any atom is 0.416 e. The highest BCUT2D eigenvalue weighted by Crippen LogP contribution is 2.39. The third-order valence-corrected chi connectivity index (χ3v) is 4.92. The van der Waals surface area contributed by atoms with Crippen LogP contribution in [0.1, 0.15) is 51.0 Å². The summed E-state index contributed by atoms with van der Waals surface area (Å²) in [6, 6.07) is 4.31. The van der Waals surface area contributed by atoms with Crippen LogP contribution < -0.4 is 5.32 Å². The monoisotopic (exact) mass is 356 g/mol. The van der Waals surface area contributed by atoms with Crippen molar-refractivity contribution >= 4 is 11.7 Å². The molecule has 2 amide bonds. The largest absolute Gasteiger partial charge is 0.416 e. The lowest BCUT2D eigenvalue weighted by Crippen LogP contribution is -2.49. The number of hydrogen-bond acceptors (Lipinski definition) is 2. The van der Waals surface area contributed by atoms with Gasteiger partial charge in [-0.1, -0.05) is 18.9 Å². The number of nitrogens with zero attached hydrogens (tertiary/aromatic N) is 1. The molecule has 1 aromatic carbocycles. The smallest absolute Gasteiger partial charge is 0.351 e. The maximum absolute atomic E-state index is 12.8. The van der Waals surface area contributed by atoms with Crippen LogP contribution in [0.15, 0.2) is 24.3 Å². The number of alkyl halides is 3. The molecule has 1 unspecified atom stereocenters. The Bertz CT molecular complexity index is 625. The van der Waals surface area contributed by atoms with Gasteiger partial charge in [0, 0.05) is 5.69 Å². The SMILES string of the molecule is CC1CN(C(=O)Nc2cccc(C(F)(F)F)c2)C2(CCCCCC2)O1. The summed E-state index contributed by atoms with van der Waals surface area (Å²) < 4.78 is 44.6. The van der Waals surface area contributed by atoms with Crippen molar-refractivity contribution in [1.29, 1.82) is 0 Å². The summed E-state index contributed by atoms with van der Waals surface area (Å²) in [5, 5.41) is 2.62. The fourth-order valence-corrected chi connectivity index (χ4v) is 3.80. The van der Waals surface area contributed by atoms with Crippen molar-refractivity contribution in [3.8, 4) is 0 Å². The standard InChI is InChI=1S/C18H23F3N2O2/c1-13-12-23(17(25-13)9-4-2-3-5-10-17)16(24)22-15-8-6-7-14(11-15)18(19,20)21/h6-8,11,13H,2-5,9-10,12H2,1H3,(H,22,24). The van der Waals surface area contributed by atoms with E-state index in [0.717, 1.165) is 50.7 Å². The van der Waals surface area contributed by atoms with Crippen LogP contribution in [0.25, 0.3) is 0 Å². The van der Waals surface area contributed by atoms with Gasteiger partial charge in [-0.2, -0.15) is 13.2 Å². The normalized spacial score (nSPS) is 23.5. The molecule has 1 aliphatic heterocycles. The molecule has 4 nitrogen and oxygen atoms in total. The molecule has 0 radical (unpaired) electrons. The molecule has 0 aromatic heterocycles. The highest BCUT2D eigenvalue weighted by molar-refractivity contribution is 5.90. The molecule has 1 atom stereocenters. The predicted molar refractivity (Wildman–Crippen MR) is 88.1 cm³/mol. The van der Waals surface area contributed by atoms with Gasteiger partial charge in [-0.15, -0.1) is 0 Å². The van der Waals surface area contributed by atoms with Crippen LogP contribution in [0.3, 0.4) is 0 Å². The molecule has 25 heavy (non-hydrogen) atoms. The average Bonchev–Trinajstić information content (AvgIpc) is 2.70. The molecule has 2 fully saturated rings. The number of carbonyl (C=O) groups excluding carboxylic acids is 1. The van der Waals surface area contributed by atoms with Crippen molar-refractivity contribution in [3.63, 3.8) is 0 Å². The molecule has 7 heteroatoms. The Balaban J connectivity index is 1.78. The number of benzene rings is 1. The minimum Gasteiger partial charge on any atom is -0.351 e. The lowest BCUT2D eigenvalue weighted by molar-refractivity contribution is -0.137. The van der Waals surface area contributed by atoms with Crippen molar-refractivity contribution in [2.45, 2.75) is 63.5 Å². The molecule has 1 N–H and O–H groups in total. The van der Waals surface area contributed by atoms with Crippen LogP contribution in [0.5, 0.6) is 0 Å². The van der Waals surface area contributed by atoms with Crippen LogP contribution in [0.2, 0.25) is 0 Å². The summed E-state index contributed by atoms with van der Waals surface area (Å²) in [5.41, 5.74) is -1.26. The summed E-state index contributed by atoms with van der Waals surface area (Å²) >= 11 is 0. The number of rotatable bonds is 1. The molecule has 1 heterocycles. The third-order valence-electron chi connectivity index (χ3n) is 4.92. The summed E-state index contributed by atoms with van der Waals surface area (Å²) in [6.07, 6.45) is 1.23. The Kier molecular flexibility index (Phi) is 4.95. The zero-order chi connectivity index (χ0) is 18.1. The number of hydrogen-bond donors (Lipinski definition) is 1. The van der Waals surface area contributed by atoms with Gasteiger partial charge in [0.15, 0.2) is 0 Å². The first-order chi connectivity index (χ1) is 11.8. The van der Waals surface area contributed by atoms with E-state index in [1.807, 2.05) is 6.92 Å². The Morgan fingerprint density at radius 1 is 1.24 bits per heavy atom. The van der Waals surface area contributed by atoms with E-state index < -0.39 is 23.5 Å². The summed E-state index contributed by atoms with van der Waals surface area (Å²) in [6.45, 7) is 2.37. The van der Waals surface area contributed by atoms with Crippen molar-refractivity contribution in [2.24, 2.45) is 0 Å². The summed E-state index contributed by atoms with van der Waals surface area (Å²) in [7, 11) is 0. The number of anilines is 1. The van der Waals surface area contributed by atoms with Gasteiger partial charge >= 0.3 is 12.2 Å². The van der Waals surface area contributed by atoms with Crippen LogP contribution in [-0.2, 0) is 10.9 Å².